The van der Waals surface area contributed by atoms with E-state index in [4.69, 9.17) is 0 Å². The minimum Gasteiger partial charge on any atom is -0.293 e. The van der Waals surface area contributed by atoms with E-state index in [9.17, 15) is 22.8 Å². The topological polar surface area (TPSA) is 34.1 Å². The van der Waals surface area contributed by atoms with E-state index in [0.717, 1.165) is 12.1 Å². The Labute approximate surface area is 132 Å². The smallest absolute Gasteiger partial charge is 0.293 e. The summed E-state index contributed by atoms with van der Waals surface area (Å²) >= 11 is 3.21. The maximum atomic E-state index is 12.8. The van der Waals surface area contributed by atoms with Gasteiger partial charge in [-0.1, -0.05) is 46.3 Å². The van der Waals surface area contributed by atoms with E-state index in [0.29, 0.717) is 4.47 Å². The Morgan fingerprint density at radius 3 is 2.27 bits per heavy atom. The van der Waals surface area contributed by atoms with Gasteiger partial charge in [-0.15, -0.1) is 0 Å². The van der Waals surface area contributed by atoms with Crippen LogP contribution in [-0.2, 0) is 6.18 Å². The van der Waals surface area contributed by atoms with E-state index >= 15 is 0 Å². The van der Waals surface area contributed by atoms with Crippen LogP contribution < -0.4 is 0 Å². The summed E-state index contributed by atoms with van der Waals surface area (Å²) in [5.74, 6) is -2.16. The van der Waals surface area contributed by atoms with E-state index in [1.54, 1.807) is 12.1 Å². The first-order valence-electron chi connectivity index (χ1n) is 6.35. The molecule has 0 saturated carbocycles. The summed E-state index contributed by atoms with van der Waals surface area (Å²) in [4.78, 5) is 24.9. The molecule has 3 rings (SSSR count). The summed E-state index contributed by atoms with van der Waals surface area (Å²) in [5, 5.41) is 0. The molecule has 1 unspecified atom stereocenters. The van der Waals surface area contributed by atoms with Crippen LogP contribution in [0.25, 0.3) is 0 Å². The van der Waals surface area contributed by atoms with Gasteiger partial charge < -0.3 is 0 Å². The highest BCUT2D eigenvalue weighted by atomic mass is 79.9. The fraction of sp³-hybridized carbons (Fsp3) is 0.125. The van der Waals surface area contributed by atoms with Crippen molar-refractivity contribution in [3.8, 4) is 0 Å². The molecule has 0 amide bonds. The lowest BCUT2D eigenvalue weighted by Crippen LogP contribution is -2.14. The molecular formula is C16H8BrF3O2. The first kappa shape index (κ1) is 15.0. The van der Waals surface area contributed by atoms with Crippen molar-refractivity contribution in [1.82, 2.24) is 0 Å². The number of benzene rings is 2. The molecule has 1 aliphatic rings. The van der Waals surface area contributed by atoms with Gasteiger partial charge in [0.25, 0.3) is 0 Å². The zero-order chi connectivity index (χ0) is 16.1. The van der Waals surface area contributed by atoms with Crippen molar-refractivity contribution in [2.45, 2.75) is 12.1 Å². The third kappa shape index (κ3) is 2.27. The number of alkyl halides is 3. The zero-order valence-electron chi connectivity index (χ0n) is 10.9. The molecule has 1 atom stereocenters. The predicted molar refractivity (Wildman–Crippen MR) is 77.0 cm³/mol. The molecule has 2 nitrogen and oxygen atoms in total. The van der Waals surface area contributed by atoms with Crippen LogP contribution in [0.2, 0.25) is 0 Å². The molecule has 0 aromatic heterocycles. The average Bonchev–Trinajstić information content (AvgIpc) is 2.71. The van der Waals surface area contributed by atoms with Crippen molar-refractivity contribution in [2.75, 3.05) is 0 Å². The normalized spacial score (nSPS) is 17.7. The van der Waals surface area contributed by atoms with Crippen LogP contribution in [0, 0.1) is 0 Å². The molecule has 0 spiro atoms. The molecule has 2 aromatic rings. The summed E-state index contributed by atoms with van der Waals surface area (Å²) < 4.78 is 38.9. The first-order valence-corrected chi connectivity index (χ1v) is 7.14. The van der Waals surface area contributed by atoms with E-state index in [2.05, 4.69) is 15.9 Å². The third-order valence-electron chi connectivity index (χ3n) is 3.60. The number of hydrogen-bond donors (Lipinski definition) is 0. The Morgan fingerprint density at radius 2 is 1.64 bits per heavy atom. The first-order chi connectivity index (χ1) is 10.3. The van der Waals surface area contributed by atoms with Gasteiger partial charge in [-0.25, -0.2) is 0 Å². The molecule has 0 bridgehead atoms. The predicted octanol–water partition coefficient (Wildman–Crippen LogP) is 4.63. The Bertz CT molecular complexity index is 796. The largest absolute Gasteiger partial charge is 0.416 e. The second-order valence-electron chi connectivity index (χ2n) is 4.95. The Balaban J connectivity index is 2.10. The van der Waals surface area contributed by atoms with Crippen LogP contribution in [0.5, 0.6) is 0 Å². The fourth-order valence-corrected chi connectivity index (χ4v) is 3.16. The Hall–Kier alpha value is -1.95. The van der Waals surface area contributed by atoms with Crippen LogP contribution in [0.15, 0.2) is 46.9 Å². The zero-order valence-corrected chi connectivity index (χ0v) is 12.5. The second-order valence-corrected chi connectivity index (χ2v) is 5.80. The summed E-state index contributed by atoms with van der Waals surface area (Å²) in [6.45, 7) is 0. The standard InChI is InChI=1S/C16H8BrF3O2/c17-11-6-2-5-10-13(11)15(22)12(14(10)21)8-3-1-4-9(7-8)16(18,19)20/h1-7,12H. The number of carbonyl (C=O) groups is 2. The second kappa shape index (κ2) is 5.05. The van der Waals surface area contributed by atoms with E-state index in [1.807, 2.05) is 0 Å². The fourth-order valence-electron chi connectivity index (χ4n) is 2.60. The van der Waals surface area contributed by atoms with E-state index < -0.39 is 29.2 Å². The third-order valence-corrected chi connectivity index (χ3v) is 4.26. The van der Waals surface area contributed by atoms with Gasteiger partial charge in [-0.2, -0.15) is 13.2 Å². The molecule has 0 N–H and O–H groups in total. The molecule has 2 aromatic carbocycles. The van der Waals surface area contributed by atoms with Crippen LogP contribution in [0.1, 0.15) is 37.8 Å². The summed E-state index contributed by atoms with van der Waals surface area (Å²) in [7, 11) is 0. The Kier molecular flexibility index (Phi) is 3.44. The van der Waals surface area contributed by atoms with Crippen LogP contribution in [-0.4, -0.2) is 11.6 Å². The molecule has 6 heteroatoms. The van der Waals surface area contributed by atoms with Crippen molar-refractivity contribution >= 4 is 27.5 Å². The molecule has 112 valence electrons. The highest BCUT2D eigenvalue weighted by molar-refractivity contribution is 9.10. The number of fused-ring (bicyclic) bond motifs is 1. The molecule has 0 heterocycles. The van der Waals surface area contributed by atoms with E-state index in [-0.39, 0.29) is 16.7 Å². The summed E-state index contributed by atoms with van der Waals surface area (Å²) in [6, 6.07) is 9.10. The van der Waals surface area contributed by atoms with Crippen molar-refractivity contribution in [2.24, 2.45) is 0 Å². The molecule has 0 saturated heterocycles. The van der Waals surface area contributed by atoms with Gasteiger partial charge in [0.1, 0.15) is 5.92 Å². The summed E-state index contributed by atoms with van der Waals surface area (Å²) in [6.07, 6.45) is -4.52. The van der Waals surface area contributed by atoms with Gasteiger partial charge in [0.2, 0.25) is 0 Å². The van der Waals surface area contributed by atoms with Gasteiger partial charge in [-0.05, 0) is 17.7 Å². The number of rotatable bonds is 1. The minimum absolute atomic E-state index is 0.0629. The van der Waals surface area contributed by atoms with Crippen LogP contribution in [0.3, 0.4) is 0 Å². The number of hydrogen-bond acceptors (Lipinski definition) is 2. The number of carbonyl (C=O) groups excluding carboxylic acids is 2. The molecule has 0 aliphatic heterocycles. The Morgan fingerprint density at radius 1 is 0.955 bits per heavy atom. The highest BCUT2D eigenvalue weighted by Crippen LogP contribution is 2.39. The minimum atomic E-state index is -4.52. The number of Topliss-reactive ketones (excluding diaryl/α,β-unsaturated/α-hetero) is 2. The molecule has 1 aliphatic carbocycles. The van der Waals surface area contributed by atoms with Crippen molar-refractivity contribution in [3.63, 3.8) is 0 Å². The summed E-state index contributed by atoms with van der Waals surface area (Å²) in [5.41, 5.74) is -0.342. The number of halogens is 4. The molecule has 0 fully saturated rings. The lowest BCUT2D eigenvalue weighted by molar-refractivity contribution is -0.137. The maximum Gasteiger partial charge on any atom is 0.416 e. The van der Waals surface area contributed by atoms with Gasteiger partial charge in [0.05, 0.1) is 5.56 Å². The van der Waals surface area contributed by atoms with Crippen molar-refractivity contribution < 1.29 is 22.8 Å². The highest BCUT2D eigenvalue weighted by Gasteiger charge is 2.41. The molecule has 0 radical (unpaired) electrons. The maximum absolute atomic E-state index is 12.8. The quantitative estimate of drug-likeness (QED) is 0.687. The average molecular weight is 369 g/mol. The van der Waals surface area contributed by atoms with Gasteiger partial charge in [-0.3, -0.25) is 9.59 Å². The molecule has 22 heavy (non-hydrogen) atoms. The van der Waals surface area contributed by atoms with E-state index in [1.165, 1.54) is 18.2 Å². The van der Waals surface area contributed by atoms with Gasteiger partial charge >= 0.3 is 6.18 Å². The lowest BCUT2D eigenvalue weighted by Gasteiger charge is -2.11. The van der Waals surface area contributed by atoms with Gasteiger partial charge in [0, 0.05) is 15.6 Å². The van der Waals surface area contributed by atoms with Crippen molar-refractivity contribution in [1.29, 1.82) is 0 Å². The van der Waals surface area contributed by atoms with Crippen LogP contribution >= 0.6 is 15.9 Å². The lowest BCUT2D eigenvalue weighted by atomic mass is 9.93. The van der Waals surface area contributed by atoms with Crippen LogP contribution in [0.4, 0.5) is 13.2 Å². The monoisotopic (exact) mass is 368 g/mol. The van der Waals surface area contributed by atoms with Crippen molar-refractivity contribution in [3.05, 3.63) is 69.2 Å². The van der Waals surface area contributed by atoms with Gasteiger partial charge in [0.15, 0.2) is 11.6 Å². The SMILES string of the molecule is O=C1c2cccc(Br)c2C(=O)C1c1cccc(C(F)(F)F)c1. The number of ketones is 2. The molecular weight excluding hydrogens is 361 g/mol.